The van der Waals surface area contributed by atoms with E-state index in [1.54, 1.807) is 0 Å². The monoisotopic (exact) mass is 328 g/mol. The molecule has 6 nitrogen and oxygen atoms in total. The van der Waals surface area contributed by atoms with Crippen molar-refractivity contribution in [1.29, 1.82) is 0 Å². The number of hydrogen-bond acceptors (Lipinski definition) is 4. The maximum Gasteiger partial charge on any atom is 0.329 e. The third kappa shape index (κ3) is 3.94. The first-order valence-electron chi connectivity index (χ1n) is 6.62. The van der Waals surface area contributed by atoms with Gasteiger partial charge in [0, 0.05) is 11.4 Å². The van der Waals surface area contributed by atoms with E-state index in [0.29, 0.717) is 6.42 Å². The summed E-state index contributed by atoms with van der Waals surface area (Å²) in [5.74, 6) is -2.30. The van der Waals surface area contributed by atoms with Crippen LogP contribution in [0.3, 0.4) is 0 Å². The van der Waals surface area contributed by atoms with Gasteiger partial charge in [-0.05, 0) is 31.5 Å². The quantitative estimate of drug-likeness (QED) is 0.823. The molecular weight excluding hydrogens is 315 g/mol. The van der Waals surface area contributed by atoms with Crippen LogP contribution in [-0.4, -0.2) is 29.9 Å². The predicted molar refractivity (Wildman–Crippen MR) is 76.8 cm³/mol. The van der Waals surface area contributed by atoms with E-state index in [1.807, 2.05) is 0 Å². The Morgan fingerprint density at radius 3 is 2.82 bits per heavy atom. The standard InChI is InChI=1S/C14H14ClFN2O4/c1-7(22-14(21)11-4-5-12(19)17-11)13(20)18-10-3-2-8(15)6-9(10)16/h2-3,6-7,11H,4-5H2,1H3,(H,17,19)(H,18,20)/t7-,11+/m1/s1. The topological polar surface area (TPSA) is 84.5 Å². The summed E-state index contributed by atoms with van der Waals surface area (Å²) in [7, 11) is 0. The van der Waals surface area contributed by atoms with Crippen LogP contribution in [0.5, 0.6) is 0 Å². The van der Waals surface area contributed by atoms with E-state index in [9.17, 15) is 18.8 Å². The van der Waals surface area contributed by atoms with Gasteiger partial charge in [-0.1, -0.05) is 11.6 Å². The zero-order valence-electron chi connectivity index (χ0n) is 11.7. The second kappa shape index (κ2) is 6.74. The second-order valence-corrected chi connectivity index (χ2v) is 5.29. The first-order chi connectivity index (χ1) is 10.4. The van der Waals surface area contributed by atoms with Crippen LogP contribution in [0, 0.1) is 5.82 Å². The molecule has 2 rings (SSSR count). The van der Waals surface area contributed by atoms with Crippen molar-refractivity contribution in [2.45, 2.75) is 31.9 Å². The van der Waals surface area contributed by atoms with Gasteiger partial charge in [0.2, 0.25) is 5.91 Å². The molecule has 0 spiro atoms. The molecule has 1 aliphatic heterocycles. The molecule has 0 radical (unpaired) electrons. The molecule has 2 N–H and O–H groups in total. The van der Waals surface area contributed by atoms with Gasteiger partial charge in [-0.15, -0.1) is 0 Å². The fourth-order valence-electron chi connectivity index (χ4n) is 1.93. The second-order valence-electron chi connectivity index (χ2n) is 4.85. The third-order valence-electron chi connectivity index (χ3n) is 3.13. The highest BCUT2D eigenvalue weighted by molar-refractivity contribution is 6.30. The Bertz CT molecular complexity index is 623. The number of rotatable bonds is 4. The Morgan fingerprint density at radius 1 is 1.50 bits per heavy atom. The molecule has 1 heterocycles. The largest absolute Gasteiger partial charge is 0.451 e. The maximum absolute atomic E-state index is 13.6. The van der Waals surface area contributed by atoms with Gasteiger partial charge >= 0.3 is 5.97 Å². The predicted octanol–water partition coefficient (Wildman–Crippen LogP) is 1.63. The number of ether oxygens (including phenoxy) is 1. The Kier molecular flexibility index (Phi) is 4.97. The molecule has 0 bridgehead atoms. The Balaban J connectivity index is 1.91. The number of amides is 2. The van der Waals surface area contributed by atoms with E-state index < -0.39 is 29.8 Å². The van der Waals surface area contributed by atoms with Crippen LogP contribution in [0.15, 0.2) is 18.2 Å². The van der Waals surface area contributed by atoms with Gasteiger partial charge in [0.1, 0.15) is 11.9 Å². The highest BCUT2D eigenvalue weighted by Gasteiger charge is 2.30. The van der Waals surface area contributed by atoms with Gasteiger partial charge in [-0.2, -0.15) is 0 Å². The summed E-state index contributed by atoms with van der Waals surface area (Å²) >= 11 is 5.61. The van der Waals surface area contributed by atoms with Crippen molar-refractivity contribution in [2.24, 2.45) is 0 Å². The maximum atomic E-state index is 13.6. The van der Waals surface area contributed by atoms with E-state index in [2.05, 4.69) is 10.6 Å². The Labute approximate surface area is 131 Å². The van der Waals surface area contributed by atoms with Crippen molar-refractivity contribution in [2.75, 3.05) is 5.32 Å². The average Bonchev–Trinajstić information content (AvgIpc) is 2.88. The highest BCUT2D eigenvalue weighted by atomic mass is 35.5. The molecule has 1 aliphatic rings. The fourth-order valence-corrected chi connectivity index (χ4v) is 2.08. The number of hydrogen-bond donors (Lipinski definition) is 2. The summed E-state index contributed by atoms with van der Waals surface area (Å²) in [5, 5.41) is 4.95. The molecule has 0 saturated carbocycles. The van der Waals surface area contributed by atoms with E-state index in [1.165, 1.54) is 19.1 Å². The van der Waals surface area contributed by atoms with Gasteiger partial charge < -0.3 is 15.4 Å². The lowest BCUT2D eigenvalue weighted by Crippen LogP contribution is -2.39. The molecular formula is C14H14ClFN2O4. The van der Waals surface area contributed by atoms with Crippen molar-refractivity contribution in [3.8, 4) is 0 Å². The molecule has 1 fully saturated rings. The van der Waals surface area contributed by atoms with Crippen molar-refractivity contribution >= 4 is 35.1 Å². The van der Waals surface area contributed by atoms with Gasteiger partial charge in [-0.3, -0.25) is 9.59 Å². The van der Waals surface area contributed by atoms with E-state index in [-0.39, 0.29) is 23.0 Å². The zero-order chi connectivity index (χ0) is 16.3. The van der Waals surface area contributed by atoms with Gasteiger partial charge in [-0.25, -0.2) is 9.18 Å². The zero-order valence-corrected chi connectivity index (χ0v) is 12.4. The van der Waals surface area contributed by atoms with Gasteiger partial charge in [0.25, 0.3) is 5.91 Å². The molecule has 118 valence electrons. The first kappa shape index (κ1) is 16.2. The van der Waals surface area contributed by atoms with Gasteiger partial charge in [0.15, 0.2) is 6.10 Å². The smallest absolute Gasteiger partial charge is 0.329 e. The average molecular weight is 329 g/mol. The number of carbonyl (C=O) groups excluding carboxylic acids is 3. The Hall–Kier alpha value is -2.15. The fraction of sp³-hybridized carbons (Fsp3) is 0.357. The molecule has 2 amide bonds. The van der Waals surface area contributed by atoms with Crippen molar-refractivity contribution < 1.29 is 23.5 Å². The number of anilines is 1. The molecule has 1 aromatic rings. The number of carbonyl (C=O) groups is 3. The van der Waals surface area contributed by atoms with Crippen molar-refractivity contribution in [3.63, 3.8) is 0 Å². The molecule has 8 heteroatoms. The summed E-state index contributed by atoms with van der Waals surface area (Å²) in [6, 6.07) is 3.05. The van der Waals surface area contributed by atoms with Crippen LogP contribution in [0.1, 0.15) is 19.8 Å². The molecule has 2 atom stereocenters. The van der Waals surface area contributed by atoms with Crippen LogP contribution < -0.4 is 10.6 Å². The summed E-state index contributed by atoms with van der Waals surface area (Å²) < 4.78 is 18.5. The minimum atomic E-state index is -1.12. The van der Waals surface area contributed by atoms with E-state index in [0.717, 1.165) is 6.07 Å². The van der Waals surface area contributed by atoms with E-state index in [4.69, 9.17) is 16.3 Å². The minimum absolute atomic E-state index is 0.0635. The lowest BCUT2D eigenvalue weighted by Gasteiger charge is -2.16. The molecule has 22 heavy (non-hydrogen) atoms. The van der Waals surface area contributed by atoms with Crippen LogP contribution >= 0.6 is 11.6 Å². The third-order valence-corrected chi connectivity index (χ3v) is 3.37. The molecule has 0 unspecified atom stereocenters. The van der Waals surface area contributed by atoms with Crippen molar-refractivity contribution in [3.05, 3.63) is 29.0 Å². The van der Waals surface area contributed by atoms with Crippen molar-refractivity contribution in [1.82, 2.24) is 5.32 Å². The lowest BCUT2D eigenvalue weighted by atomic mass is 10.2. The summed E-state index contributed by atoms with van der Waals surface area (Å²) in [6.45, 7) is 1.36. The molecule has 0 aliphatic carbocycles. The molecule has 1 aromatic carbocycles. The molecule has 1 saturated heterocycles. The normalized spacial score (nSPS) is 18.5. The minimum Gasteiger partial charge on any atom is -0.451 e. The lowest BCUT2D eigenvalue weighted by molar-refractivity contribution is -0.155. The first-order valence-corrected chi connectivity index (χ1v) is 7.00. The van der Waals surface area contributed by atoms with E-state index >= 15 is 0 Å². The highest BCUT2D eigenvalue weighted by Crippen LogP contribution is 2.19. The van der Waals surface area contributed by atoms with Gasteiger partial charge in [0.05, 0.1) is 5.69 Å². The number of benzene rings is 1. The summed E-state index contributed by atoms with van der Waals surface area (Å²) in [4.78, 5) is 34.7. The van der Waals surface area contributed by atoms with Crippen LogP contribution in [0.4, 0.5) is 10.1 Å². The molecule has 0 aromatic heterocycles. The SMILES string of the molecule is C[C@@H](OC(=O)[C@@H]1CCC(=O)N1)C(=O)Nc1ccc(Cl)cc1F. The number of halogens is 2. The number of esters is 1. The Morgan fingerprint density at radius 2 is 2.23 bits per heavy atom. The summed E-state index contributed by atoms with van der Waals surface area (Å²) in [5.41, 5.74) is -0.0635. The van der Waals surface area contributed by atoms with Crippen LogP contribution in [-0.2, 0) is 19.1 Å². The number of nitrogens with one attached hydrogen (secondary N) is 2. The van der Waals surface area contributed by atoms with Crippen LogP contribution in [0.25, 0.3) is 0 Å². The van der Waals surface area contributed by atoms with Crippen LogP contribution in [0.2, 0.25) is 5.02 Å². The summed E-state index contributed by atoms with van der Waals surface area (Å²) in [6.07, 6.45) is -0.547.